The molecule has 0 aliphatic heterocycles. The van der Waals surface area contributed by atoms with E-state index in [2.05, 4.69) is 10.3 Å². The maximum absolute atomic E-state index is 13.6. The zero-order valence-electron chi connectivity index (χ0n) is 15.0. The summed E-state index contributed by atoms with van der Waals surface area (Å²) in [6.45, 7) is 4.63. The molecule has 1 heterocycles. The van der Waals surface area contributed by atoms with Crippen LogP contribution in [0.2, 0.25) is 0 Å². The Kier molecular flexibility index (Phi) is 8.69. The average Bonchev–Trinajstić information content (AvgIpc) is 3.08. The van der Waals surface area contributed by atoms with Gasteiger partial charge >= 0.3 is 0 Å². The Morgan fingerprint density at radius 3 is 2.69 bits per heavy atom. The van der Waals surface area contributed by atoms with Gasteiger partial charge in [-0.2, -0.15) is 4.73 Å². The van der Waals surface area contributed by atoms with Gasteiger partial charge in [0.1, 0.15) is 6.67 Å². The van der Waals surface area contributed by atoms with Gasteiger partial charge in [0.25, 0.3) is 0 Å². The summed E-state index contributed by atoms with van der Waals surface area (Å²) in [5, 5.41) is 15.0. The van der Waals surface area contributed by atoms with E-state index in [1.54, 1.807) is 36.5 Å². The molecule has 0 aliphatic carbocycles. The molecule has 2 aromatic rings. The molecule has 1 aromatic carbocycles. The largest absolute Gasteiger partial charge is 0.372 e. The fourth-order valence-electron chi connectivity index (χ4n) is 2.03. The Morgan fingerprint density at radius 1 is 1.35 bits per heavy atom. The molecular weight excluding hydrogens is 340 g/mol. The van der Waals surface area contributed by atoms with Crippen LogP contribution in [0.25, 0.3) is 10.9 Å². The third kappa shape index (κ3) is 5.23. The van der Waals surface area contributed by atoms with Crippen molar-refractivity contribution in [2.45, 2.75) is 27.2 Å². The molecule has 0 saturated heterocycles. The number of nitrogens with two attached hydrogens (primary N) is 1. The molecule has 2 rings (SSSR count). The number of aromatic nitrogens is 1. The van der Waals surface area contributed by atoms with E-state index in [-0.39, 0.29) is 11.6 Å². The summed E-state index contributed by atoms with van der Waals surface area (Å²) >= 11 is 0. The summed E-state index contributed by atoms with van der Waals surface area (Å²) in [5.74, 6) is 3.68. The molecular formula is C18H23F2N5O. The van der Waals surface area contributed by atoms with Crippen molar-refractivity contribution in [1.82, 2.24) is 4.73 Å². The molecule has 0 fully saturated rings. The Hall–Kier alpha value is -3.03. The van der Waals surface area contributed by atoms with E-state index in [1.807, 2.05) is 20.8 Å². The molecule has 0 radical (unpaired) electrons. The molecule has 140 valence electrons. The van der Waals surface area contributed by atoms with E-state index in [0.29, 0.717) is 17.5 Å². The average molecular weight is 363 g/mol. The van der Waals surface area contributed by atoms with Gasteiger partial charge in [-0.25, -0.2) is 8.78 Å². The van der Waals surface area contributed by atoms with Crippen molar-refractivity contribution >= 4 is 16.7 Å². The Balaban J connectivity index is 0.00000163. The van der Waals surface area contributed by atoms with Gasteiger partial charge in [-0.3, -0.25) is 5.41 Å². The minimum atomic E-state index is -1.24. The lowest BCUT2D eigenvalue weighted by atomic mass is 10.1. The molecule has 1 aromatic heterocycles. The number of halogens is 2. The molecule has 26 heavy (non-hydrogen) atoms. The van der Waals surface area contributed by atoms with Crippen molar-refractivity contribution in [2.75, 3.05) is 6.67 Å². The highest BCUT2D eigenvalue weighted by Crippen LogP contribution is 2.19. The first-order valence-electron chi connectivity index (χ1n) is 8.21. The Morgan fingerprint density at radius 2 is 2.08 bits per heavy atom. The third-order valence-corrected chi connectivity index (χ3v) is 3.17. The van der Waals surface area contributed by atoms with Crippen LogP contribution in [0.15, 0.2) is 64.5 Å². The van der Waals surface area contributed by atoms with Crippen molar-refractivity contribution in [3.8, 4) is 0 Å². The number of amidine groups is 1. The summed E-state index contributed by atoms with van der Waals surface area (Å²) in [5.41, 5.74) is 1.15. The molecule has 8 heteroatoms. The zero-order chi connectivity index (χ0) is 19.5. The number of hydrogen-bond donors (Lipinski definition) is 2. The highest BCUT2D eigenvalue weighted by atomic mass is 19.2. The van der Waals surface area contributed by atoms with Crippen molar-refractivity contribution in [3.63, 3.8) is 0 Å². The van der Waals surface area contributed by atoms with Gasteiger partial charge in [0.2, 0.25) is 0 Å². The smallest absolute Gasteiger partial charge is 0.189 e. The predicted octanol–water partition coefficient (Wildman–Crippen LogP) is 4.86. The number of nitrogens with one attached hydrogen (secondary N) is 1. The summed E-state index contributed by atoms with van der Waals surface area (Å²) in [4.78, 5) is 5.45. The minimum Gasteiger partial charge on any atom is -0.372 e. The summed E-state index contributed by atoms with van der Waals surface area (Å²) in [6.07, 6.45) is 5.31. The van der Waals surface area contributed by atoms with Crippen molar-refractivity contribution in [2.24, 2.45) is 16.2 Å². The maximum Gasteiger partial charge on any atom is 0.189 e. The van der Waals surface area contributed by atoms with Gasteiger partial charge in [-0.05, 0) is 36.8 Å². The van der Waals surface area contributed by atoms with Crippen LogP contribution in [-0.4, -0.2) is 17.2 Å². The number of allylic oxidation sites excluding steroid dienone is 3. The number of alkyl halides is 1. The van der Waals surface area contributed by atoms with Gasteiger partial charge in [0.15, 0.2) is 17.4 Å². The van der Waals surface area contributed by atoms with Crippen LogP contribution in [0.1, 0.15) is 32.8 Å². The van der Waals surface area contributed by atoms with Crippen LogP contribution >= 0.6 is 0 Å². The summed E-state index contributed by atoms with van der Waals surface area (Å²) < 4.78 is 27.6. The van der Waals surface area contributed by atoms with Crippen LogP contribution in [-0.2, 0) is 0 Å². The van der Waals surface area contributed by atoms with Crippen LogP contribution in [0.4, 0.5) is 8.78 Å². The second kappa shape index (κ2) is 10.8. The molecule has 0 amide bonds. The lowest BCUT2D eigenvalue weighted by Crippen LogP contribution is -2.10. The van der Waals surface area contributed by atoms with Gasteiger partial charge in [0, 0.05) is 17.1 Å². The number of benzene rings is 1. The number of fused-ring (bicyclic) bond motifs is 1. The Labute approximate surface area is 151 Å². The standard InChI is InChI=1S/C16H17F2N5O.C2H6/c1-2-3-4-15(13(18)10-17)24-23-8-7-11-9-12(5-6-14(11)23)16(19)21-22-20;1-2/h3-9H,2,10H2,1H3,(H3,19,20,21);1-2H3/b4-3-,15-13-;. The van der Waals surface area contributed by atoms with Crippen LogP contribution in [0, 0.1) is 5.41 Å². The summed E-state index contributed by atoms with van der Waals surface area (Å²) in [6, 6.07) is 6.74. The molecule has 0 bridgehead atoms. The SMILES string of the molecule is CC.CC/C=C\C(On1ccc2cc(C(=N)N=NN)ccc21)=C(\F)CF. The van der Waals surface area contributed by atoms with E-state index in [1.165, 1.54) is 10.8 Å². The number of hydrogen-bond acceptors (Lipinski definition) is 3. The second-order valence-electron chi connectivity index (χ2n) is 4.78. The third-order valence-electron chi connectivity index (χ3n) is 3.17. The van der Waals surface area contributed by atoms with Crippen LogP contribution in [0.3, 0.4) is 0 Å². The van der Waals surface area contributed by atoms with E-state index in [0.717, 1.165) is 5.39 Å². The highest BCUT2D eigenvalue weighted by Gasteiger charge is 2.10. The molecule has 0 unspecified atom stereocenters. The van der Waals surface area contributed by atoms with Crippen molar-refractivity contribution in [1.29, 1.82) is 5.41 Å². The molecule has 0 atom stereocenters. The quantitative estimate of drug-likeness (QED) is 0.146. The highest BCUT2D eigenvalue weighted by molar-refractivity contribution is 6.00. The van der Waals surface area contributed by atoms with Gasteiger partial charge in [-0.15, -0.1) is 5.11 Å². The van der Waals surface area contributed by atoms with Crippen LogP contribution < -0.4 is 10.7 Å². The van der Waals surface area contributed by atoms with Crippen molar-refractivity contribution < 1.29 is 13.6 Å². The Bertz CT molecular complexity index is 824. The molecule has 6 nitrogen and oxygen atoms in total. The van der Waals surface area contributed by atoms with Crippen molar-refractivity contribution in [3.05, 3.63) is 59.8 Å². The summed E-state index contributed by atoms with van der Waals surface area (Å²) in [7, 11) is 0. The topological polar surface area (TPSA) is 88.8 Å². The maximum atomic E-state index is 13.6. The van der Waals surface area contributed by atoms with Gasteiger partial charge < -0.3 is 10.7 Å². The monoisotopic (exact) mass is 363 g/mol. The zero-order valence-corrected chi connectivity index (χ0v) is 15.0. The lowest BCUT2D eigenvalue weighted by molar-refractivity contribution is 0.190. The van der Waals surface area contributed by atoms with E-state index >= 15 is 0 Å². The molecule has 0 spiro atoms. The van der Waals surface area contributed by atoms with E-state index in [9.17, 15) is 8.78 Å². The molecule has 3 N–H and O–H groups in total. The van der Waals surface area contributed by atoms with Gasteiger partial charge in [-0.1, -0.05) is 32.1 Å². The first-order valence-corrected chi connectivity index (χ1v) is 8.21. The number of nitrogens with zero attached hydrogens (tertiary/aromatic N) is 3. The molecule has 0 saturated carbocycles. The van der Waals surface area contributed by atoms with E-state index < -0.39 is 12.5 Å². The first kappa shape index (κ1) is 21.0. The minimum absolute atomic E-state index is 0.0805. The van der Waals surface area contributed by atoms with Gasteiger partial charge in [0.05, 0.1) is 5.52 Å². The first-order chi connectivity index (χ1) is 12.6. The fourth-order valence-corrected chi connectivity index (χ4v) is 2.03. The van der Waals surface area contributed by atoms with Crippen LogP contribution in [0.5, 0.6) is 0 Å². The lowest BCUT2D eigenvalue weighted by Gasteiger charge is -2.09. The second-order valence-corrected chi connectivity index (χ2v) is 4.78. The number of rotatable bonds is 6. The fraction of sp³-hybridized carbons (Fsp3) is 0.278. The normalized spacial score (nSPS) is 12.2. The van der Waals surface area contributed by atoms with E-state index in [4.69, 9.17) is 16.1 Å². The molecule has 0 aliphatic rings. The predicted molar refractivity (Wildman–Crippen MR) is 99.3 cm³/mol.